The molecule has 0 aromatic heterocycles. The van der Waals surface area contributed by atoms with E-state index >= 15 is 0 Å². The number of ether oxygens (including phenoxy) is 10. The Hall–Kier alpha value is -3.80. The molecule has 5 aliphatic heterocycles. The highest BCUT2D eigenvalue weighted by atomic mass is 16.8. The molecule has 634 valence electrons. The Morgan fingerprint density at radius 1 is 0.550 bits per heavy atom. The van der Waals surface area contributed by atoms with Crippen LogP contribution < -0.4 is 16.0 Å². The Balaban J connectivity index is 1.43. The first-order chi connectivity index (χ1) is 52.2. The Morgan fingerprint density at radius 3 is 1.56 bits per heavy atom. The third-order valence-corrected chi connectivity index (χ3v) is 20.8. The molecule has 0 spiro atoms. The lowest BCUT2D eigenvalue weighted by Crippen LogP contribution is -2.71. The molecule has 5 rings (SSSR count). The molecule has 109 heavy (non-hydrogen) atoms. The van der Waals surface area contributed by atoms with Crippen LogP contribution in [0.25, 0.3) is 0 Å². The van der Waals surface area contributed by atoms with Crippen molar-refractivity contribution in [2.24, 2.45) is 5.92 Å². The van der Waals surface area contributed by atoms with Gasteiger partial charge in [-0.3, -0.25) is 19.2 Å². The number of ketones is 1. The van der Waals surface area contributed by atoms with Gasteiger partial charge in [-0.1, -0.05) is 194 Å². The molecule has 0 aromatic carbocycles. The van der Waals surface area contributed by atoms with Crippen LogP contribution in [0.2, 0.25) is 0 Å². The minimum absolute atomic E-state index is 0.145. The first-order valence-electron chi connectivity index (χ1n) is 40.1. The molecule has 0 aromatic rings. The molecule has 26 atom stereocenters. The maximum atomic E-state index is 15.0. The predicted octanol–water partition coefficient (Wildman–Crippen LogP) is 1.14. The predicted molar refractivity (Wildman–Crippen MR) is 390 cm³/mol. The number of Topliss-reactive ketones (excluding diaryl/α,β-unsaturated/α-hetero) is 1. The van der Waals surface area contributed by atoms with Crippen molar-refractivity contribution >= 4 is 23.5 Å². The maximum Gasteiger partial charge on any atom is 0.232 e. The van der Waals surface area contributed by atoms with E-state index in [0.717, 1.165) is 65.2 Å². The maximum absolute atomic E-state index is 15.0. The van der Waals surface area contributed by atoms with Crippen molar-refractivity contribution in [1.29, 1.82) is 0 Å². The fourth-order valence-corrected chi connectivity index (χ4v) is 14.5. The van der Waals surface area contributed by atoms with Crippen LogP contribution in [0.4, 0.5) is 0 Å². The van der Waals surface area contributed by atoms with E-state index in [1.165, 1.54) is 123 Å². The molecule has 5 heterocycles. The average molecular weight is 1570 g/mol. The van der Waals surface area contributed by atoms with Crippen LogP contribution in [-0.2, 0) is 66.5 Å². The topological polar surface area (TPSA) is 520 Å². The number of carbonyl (C=O) groups excluding carboxylic acids is 4. The molecule has 0 aliphatic carbocycles. The van der Waals surface area contributed by atoms with Crippen molar-refractivity contribution < 1.29 is 148 Å². The Labute approximate surface area is 641 Å². The highest BCUT2D eigenvalue weighted by molar-refractivity contribution is 5.88. The number of aliphatic hydroxyl groups excluding tert-OH is 16. The Kier molecular flexibility index (Phi) is 44.4. The summed E-state index contributed by atoms with van der Waals surface area (Å²) in [4.78, 5) is 54.4. The van der Waals surface area contributed by atoms with E-state index in [-0.39, 0.29) is 12.3 Å². The fourth-order valence-electron chi connectivity index (χ4n) is 14.5. The first kappa shape index (κ1) is 95.8. The van der Waals surface area contributed by atoms with Crippen LogP contribution in [0.1, 0.15) is 228 Å². The molecule has 4 saturated heterocycles. The van der Waals surface area contributed by atoms with E-state index < -0.39 is 240 Å². The number of aliphatic hydroxyl groups is 16. The number of hydrogen-bond acceptors (Lipinski definition) is 30. The lowest BCUT2D eigenvalue weighted by atomic mass is 9.84. The Bertz CT molecular complexity index is 2630. The molecule has 0 saturated carbocycles. The number of hydrogen-bond donors (Lipinski definition) is 19. The molecular weight excluding hydrogens is 1430 g/mol. The van der Waals surface area contributed by atoms with Crippen LogP contribution in [0.15, 0.2) is 23.7 Å². The number of rotatable bonds is 53. The van der Waals surface area contributed by atoms with Gasteiger partial charge in [-0.25, -0.2) is 0 Å². The summed E-state index contributed by atoms with van der Waals surface area (Å²) in [6.45, 7) is 3.22. The average Bonchev–Trinajstić information content (AvgIpc) is 0.742. The summed E-state index contributed by atoms with van der Waals surface area (Å²) in [5.74, 6) is -9.11. The van der Waals surface area contributed by atoms with E-state index in [9.17, 15) is 101 Å². The molecule has 0 radical (unpaired) electrons. The van der Waals surface area contributed by atoms with Crippen LogP contribution in [0.3, 0.4) is 0 Å². The van der Waals surface area contributed by atoms with E-state index in [0.29, 0.717) is 12.8 Å². The second-order valence-corrected chi connectivity index (χ2v) is 30.2. The lowest BCUT2D eigenvalue weighted by Gasteiger charge is -2.53. The van der Waals surface area contributed by atoms with Gasteiger partial charge < -0.3 is 145 Å². The van der Waals surface area contributed by atoms with Crippen LogP contribution in [0, 0.1) is 5.92 Å². The third-order valence-electron chi connectivity index (χ3n) is 20.8. The SMILES string of the molecule is CCCCCCCCCCCCC/C=C/[C@H](O)[C@@H](CO[C@@H]1OC(CO)[C@@H](O[C@@H]2OC(CO)[C@H](O[C@@H]3OC(CO)C(O)=C(O[C@@H]4OC(CO)[C@H](O)C(O)C4O)C3NC(C)=O)C(O[C@]3(C(=O)C(C)C)CC(O)[C@@H](NC(C)=O)C([C@H](O)[C@H](O)CO)O3)C2O)C(O)C1O)NC(=O)CCCCCCCCCCCCCCCCC. The van der Waals surface area contributed by atoms with E-state index in [1.807, 2.05) is 6.08 Å². The number of carbonyl (C=O) groups is 4. The van der Waals surface area contributed by atoms with Crippen molar-refractivity contribution in [2.75, 3.05) is 39.6 Å². The zero-order valence-corrected chi connectivity index (χ0v) is 64.8. The number of nitrogens with one attached hydrogen (secondary N) is 3. The minimum atomic E-state index is -2.97. The van der Waals surface area contributed by atoms with Gasteiger partial charge in [0.2, 0.25) is 29.8 Å². The van der Waals surface area contributed by atoms with Crippen molar-refractivity contribution in [3.05, 3.63) is 23.7 Å². The second-order valence-electron chi connectivity index (χ2n) is 30.2. The van der Waals surface area contributed by atoms with E-state index in [1.54, 1.807) is 6.08 Å². The quantitative estimate of drug-likeness (QED) is 0.0300. The second kappa shape index (κ2) is 50.5. The Morgan fingerprint density at radius 2 is 1.05 bits per heavy atom. The molecule has 19 N–H and O–H groups in total. The molecule has 5 aliphatic rings. The smallest absolute Gasteiger partial charge is 0.232 e. The molecular formula is C76H135N3O30. The van der Waals surface area contributed by atoms with Gasteiger partial charge in [0.25, 0.3) is 0 Å². The highest BCUT2D eigenvalue weighted by Crippen LogP contribution is 2.42. The molecule has 33 heteroatoms. The molecule has 4 fully saturated rings. The zero-order chi connectivity index (χ0) is 80.3. The van der Waals surface area contributed by atoms with Gasteiger partial charge in [0.1, 0.15) is 104 Å². The molecule has 33 nitrogen and oxygen atoms in total. The van der Waals surface area contributed by atoms with Gasteiger partial charge in [-0.15, -0.1) is 0 Å². The van der Waals surface area contributed by atoms with Crippen molar-refractivity contribution in [3.63, 3.8) is 0 Å². The molecule has 3 amide bonds. The number of amides is 3. The first-order valence-corrected chi connectivity index (χ1v) is 40.1. The third kappa shape index (κ3) is 29.5. The van der Waals surface area contributed by atoms with Gasteiger partial charge in [-0.05, 0) is 19.3 Å². The fraction of sp³-hybridized carbons (Fsp3) is 0.895. The summed E-state index contributed by atoms with van der Waals surface area (Å²) >= 11 is 0. The molecule has 0 bridgehead atoms. The van der Waals surface area contributed by atoms with Crippen LogP contribution in [0.5, 0.6) is 0 Å². The monoisotopic (exact) mass is 1570 g/mol. The van der Waals surface area contributed by atoms with Crippen molar-refractivity contribution in [1.82, 2.24) is 16.0 Å². The van der Waals surface area contributed by atoms with E-state index in [2.05, 4.69) is 29.8 Å². The van der Waals surface area contributed by atoms with Gasteiger partial charge in [0.15, 0.2) is 36.2 Å². The highest BCUT2D eigenvalue weighted by Gasteiger charge is 2.62. The summed E-state index contributed by atoms with van der Waals surface area (Å²) in [5.41, 5.74) is 0. The minimum Gasteiger partial charge on any atom is -0.506 e. The summed E-state index contributed by atoms with van der Waals surface area (Å²) in [6.07, 6.45) is -11.4. The zero-order valence-electron chi connectivity index (χ0n) is 64.8. The molecule has 13 unspecified atom stereocenters. The summed E-state index contributed by atoms with van der Waals surface area (Å²) < 4.78 is 61.3. The van der Waals surface area contributed by atoms with Crippen LogP contribution in [-0.4, -0.2) is 304 Å². The van der Waals surface area contributed by atoms with Crippen molar-refractivity contribution in [2.45, 2.75) is 387 Å². The van der Waals surface area contributed by atoms with Gasteiger partial charge in [-0.2, -0.15) is 0 Å². The summed E-state index contributed by atoms with van der Waals surface area (Å²) in [7, 11) is 0. The largest absolute Gasteiger partial charge is 0.506 e. The van der Waals surface area contributed by atoms with Gasteiger partial charge >= 0.3 is 0 Å². The lowest BCUT2D eigenvalue weighted by molar-refractivity contribution is -0.396. The normalized spacial score (nSPS) is 32.9. The standard InChI is InChI=1S/C76H135N3O30/c1-7-9-11-13-15-17-19-21-22-24-26-28-30-32-34-36-55(90)79-47(48(87)35-33-31-29-27-25-23-20-18-16-14-12-10-8-2)43-100-73-64(97)62(95)66(53(41-83)103-73)105-75-65(98)70(109-76(71(99)44(3)4)37-49(88)56(77-45(5)85)69(108-76)58(91)50(89)38-80)67(54(42-84)104-75)106-72-57(78-46(6)86)68(60(93)52(40-82)101-72)107-74-63(96)61(94)59(92)51(39-81)102-74/h33,35,44,47-54,56-59,61-67,69-70,72-75,80-84,87-89,91-98H,7-32,34,36-43H2,1-6H3,(H,77,85)(H,78,86)(H,79,90)/b35-33+/t47-,48+,49?,50-,51?,52?,53?,54?,56-,57?,58-,59+,61?,62?,63?,64?,65?,66-,67+,69?,70?,72+,73-,74+,75+,76+/m1/s1. The summed E-state index contributed by atoms with van der Waals surface area (Å²) in [6, 6.07) is -4.77. The van der Waals surface area contributed by atoms with E-state index in [4.69, 9.17) is 47.4 Å². The van der Waals surface area contributed by atoms with Gasteiger partial charge in [0, 0.05) is 32.6 Å². The van der Waals surface area contributed by atoms with Crippen molar-refractivity contribution in [3.8, 4) is 0 Å². The number of allylic oxidation sites excluding steroid dienone is 1. The number of unbranched alkanes of at least 4 members (excludes halogenated alkanes) is 25. The summed E-state index contributed by atoms with van der Waals surface area (Å²) in [5, 5.41) is 187. The van der Waals surface area contributed by atoms with Crippen LogP contribution >= 0.6 is 0 Å². The van der Waals surface area contributed by atoms with Gasteiger partial charge in [0.05, 0.1) is 63.9 Å².